The second kappa shape index (κ2) is 13.7. The fraction of sp³-hybridized carbons (Fsp3) is 0.0179. The van der Waals surface area contributed by atoms with Gasteiger partial charge in [0, 0.05) is 58.5 Å². The molecule has 5 aromatic heterocycles. The molecular formula is C56H35N5OS. The van der Waals surface area contributed by atoms with Crippen molar-refractivity contribution in [1.29, 1.82) is 0 Å². The second-order valence-corrected chi connectivity index (χ2v) is 17.1. The van der Waals surface area contributed by atoms with Crippen LogP contribution in [0.25, 0.3) is 126 Å². The Morgan fingerprint density at radius 2 is 1.22 bits per heavy atom. The highest BCUT2D eigenvalue weighted by Gasteiger charge is 2.25. The number of hydrogen-bond donors (Lipinski definition) is 0. The van der Waals surface area contributed by atoms with Crippen molar-refractivity contribution in [3.8, 4) is 34.4 Å². The molecule has 0 unspecified atom stereocenters. The van der Waals surface area contributed by atoms with Crippen molar-refractivity contribution in [2.75, 3.05) is 0 Å². The molecule has 0 N–H and O–H groups in total. The lowest BCUT2D eigenvalue weighted by atomic mass is 10.0. The van der Waals surface area contributed by atoms with Crippen LogP contribution in [0.3, 0.4) is 0 Å². The third kappa shape index (κ3) is 5.27. The molecule has 5 heterocycles. The molecule has 6 nitrogen and oxygen atoms in total. The number of rotatable bonds is 6. The van der Waals surface area contributed by atoms with E-state index in [2.05, 4.69) is 180 Å². The number of furan rings is 1. The summed E-state index contributed by atoms with van der Waals surface area (Å²) in [6.07, 6.45) is 5.89. The SMILES string of the molecule is C=C/C=C\c1c(C)n(-c2nc(-c3ccc(-n4c5ccccc5c5cc6ccccc6cc54)c4c3oc3ccccc34)nc(-c3cccc4c3sc3ccccc34)n2)c2ccccc12. The summed E-state index contributed by atoms with van der Waals surface area (Å²) >= 11 is 1.77. The molecule has 0 bridgehead atoms. The van der Waals surface area contributed by atoms with E-state index in [-0.39, 0.29) is 0 Å². The molecule has 0 spiro atoms. The van der Waals surface area contributed by atoms with Crippen molar-refractivity contribution in [2.24, 2.45) is 0 Å². The summed E-state index contributed by atoms with van der Waals surface area (Å²) in [7, 11) is 0. The minimum Gasteiger partial charge on any atom is -0.455 e. The first kappa shape index (κ1) is 35.6. The van der Waals surface area contributed by atoms with Crippen molar-refractivity contribution >= 4 is 103 Å². The summed E-state index contributed by atoms with van der Waals surface area (Å²) in [5.74, 6) is 1.65. The number of thiophene rings is 1. The number of hydrogen-bond acceptors (Lipinski definition) is 5. The quantitative estimate of drug-likeness (QED) is 0.157. The van der Waals surface area contributed by atoms with E-state index in [0.29, 0.717) is 23.2 Å². The zero-order valence-electron chi connectivity index (χ0n) is 34.1. The van der Waals surface area contributed by atoms with Gasteiger partial charge >= 0.3 is 0 Å². The van der Waals surface area contributed by atoms with Gasteiger partial charge in [0.25, 0.3) is 0 Å². The highest BCUT2D eigenvalue weighted by molar-refractivity contribution is 7.26. The Bertz CT molecular complexity index is 4090. The van der Waals surface area contributed by atoms with E-state index in [1.54, 1.807) is 17.4 Å². The maximum absolute atomic E-state index is 6.98. The smallest absolute Gasteiger partial charge is 0.238 e. The number of aromatic nitrogens is 5. The summed E-state index contributed by atoms with van der Waals surface area (Å²) in [5, 5.41) is 10.3. The first-order valence-corrected chi connectivity index (χ1v) is 21.9. The van der Waals surface area contributed by atoms with Crippen LogP contribution >= 0.6 is 11.3 Å². The summed E-state index contributed by atoms with van der Waals surface area (Å²) in [5.41, 5.74) is 9.63. The van der Waals surface area contributed by atoms with E-state index in [0.717, 1.165) is 71.1 Å². The van der Waals surface area contributed by atoms with Crippen LogP contribution < -0.4 is 0 Å². The maximum atomic E-state index is 6.98. The zero-order valence-corrected chi connectivity index (χ0v) is 34.9. The average molecular weight is 826 g/mol. The van der Waals surface area contributed by atoms with Crippen molar-refractivity contribution < 1.29 is 4.42 Å². The molecule has 0 fully saturated rings. The molecule has 13 aromatic rings. The lowest BCUT2D eigenvalue weighted by molar-refractivity contribution is 0.669. The van der Waals surface area contributed by atoms with Crippen LogP contribution in [0, 0.1) is 6.92 Å². The topological polar surface area (TPSA) is 61.7 Å². The minimum absolute atomic E-state index is 0.525. The predicted octanol–water partition coefficient (Wildman–Crippen LogP) is 15.2. The molecule has 0 atom stereocenters. The van der Waals surface area contributed by atoms with Gasteiger partial charge in [0.05, 0.1) is 33.2 Å². The van der Waals surface area contributed by atoms with Crippen LogP contribution in [-0.4, -0.2) is 24.1 Å². The number of fused-ring (bicyclic) bond motifs is 11. The molecular weight excluding hydrogens is 791 g/mol. The largest absolute Gasteiger partial charge is 0.455 e. The van der Waals surface area contributed by atoms with Crippen LogP contribution in [0.1, 0.15) is 11.3 Å². The molecule has 0 radical (unpaired) electrons. The highest BCUT2D eigenvalue weighted by atomic mass is 32.1. The van der Waals surface area contributed by atoms with Gasteiger partial charge in [-0.25, -0.2) is 4.98 Å². The van der Waals surface area contributed by atoms with Crippen molar-refractivity contribution in [2.45, 2.75) is 6.92 Å². The van der Waals surface area contributed by atoms with Gasteiger partial charge in [-0.3, -0.25) is 4.57 Å². The van der Waals surface area contributed by atoms with E-state index in [1.807, 2.05) is 18.2 Å². The van der Waals surface area contributed by atoms with Crippen LogP contribution in [-0.2, 0) is 0 Å². The Morgan fingerprint density at radius 1 is 0.556 bits per heavy atom. The third-order valence-corrected chi connectivity index (χ3v) is 13.8. The number of benzene rings is 8. The van der Waals surface area contributed by atoms with E-state index in [9.17, 15) is 0 Å². The second-order valence-electron chi connectivity index (χ2n) is 16.0. The van der Waals surface area contributed by atoms with Gasteiger partial charge < -0.3 is 8.98 Å². The minimum atomic E-state index is 0.525. The molecule has 0 aliphatic rings. The molecule has 0 aliphatic heterocycles. The first-order valence-electron chi connectivity index (χ1n) is 21.1. The predicted molar refractivity (Wildman–Crippen MR) is 264 cm³/mol. The van der Waals surface area contributed by atoms with Crippen molar-refractivity contribution in [1.82, 2.24) is 24.1 Å². The number of nitrogens with zero attached hydrogens (tertiary/aromatic N) is 5. The third-order valence-electron chi connectivity index (χ3n) is 12.6. The molecule has 13 rings (SSSR count). The summed E-state index contributed by atoms with van der Waals surface area (Å²) in [6.45, 7) is 6.07. The molecule has 296 valence electrons. The maximum Gasteiger partial charge on any atom is 0.238 e. The molecule has 0 aliphatic carbocycles. The number of para-hydroxylation sites is 3. The van der Waals surface area contributed by atoms with Gasteiger partial charge in [-0.15, -0.1) is 11.3 Å². The number of allylic oxidation sites excluding steroid dienone is 2. The Kier molecular flexibility index (Phi) is 7.74. The van der Waals surface area contributed by atoms with E-state index in [4.69, 9.17) is 19.4 Å². The molecule has 0 amide bonds. The Morgan fingerprint density at radius 3 is 2.05 bits per heavy atom. The standard InChI is InChI=1S/C56H35N5OS/c1-3-4-18-36-33(2)60(45-25-11-7-19-37(36)45)56-58-54(57-55(59-56)43-24-15-23-40-39-21-10-14-28-50(39)63-53(40)43)42-29-30-47(51-41-22-9-13-27-49(41)62-52(42)51)61-46-26-12-8-20-38(46)44-31-34-16-5-6-17-35(34)32-48(44)61/h3-32H,1H2,2H3/b18-4-. The van der Waals surface area contributed by atoms with E-state index in [1.165, 1.54) is 37.0 Å². The van der Waals surface area contributed by atoms with E-state index < -0.39 is 0 Å². The lowest BCUT2D eigenvalue weighted by Crippen LogP contribution is -2.08. The fourth-order valence-corrected chi connectivity index (χ4v) is 11.0. The van der Waals surface area contributed by atoms with Gasteiger partial charge in [-0.1, -0.05) is 134 Å². The zero-order chi connectivity index (χ0) is 41.8. The molecule has 0 saturated heterocycles. The Labute approximate surface area is 364 Å². The van der Waals surface area contributed by atoms with Gasteiger partial charge in [-0.2, -0.15) is 9.97 Å². The molecule has 0 saturated carbocycles. The first-order chi connectivity index (χ1) is 31.1. The fourth-order valence-electron chi connectivity index (χ4n) is 9.74. The van der Waals surface area contributed by atoms with Gasteiger partial charge in [-0.05, 0) is 72.3 Å². The molecule has 7 heteroatoms. The van der Waals surface area contributed by atoms with Crippen LogP contribution in [0.4, 0.5) is 0 Å². The van der Waals surface area contributed by atoms with Gasteiger partial charge in [0.2, 0.25) is 5.95 Å². The highest BCUT2D eigenvalue weighted by Crippen LogP contribution is 2.44. The van der Waals surface area contributed by atoms with Gasteiger partial charge in [0.15, 0.2) is 11.6 Å². The van der Waals surface area contributed by atoms with Crippen molar-refractivity contribution in [3.05, 3.63) is 194 Å². The van der Waals surface area contributed by atoms with Crippen molar-refractivity contribution in [3.63, 3.8) is 0 Å². The Hall–Kier alpha value is -8.13. The van der Waals surface area contributed by atoms with Gasteiger partial charge in [0.1, 0.15) is 11.2 Å². The Balaban J connectivity index is 1.13. The van der Waals surface area contributed by atoms with Crippen LogP contribution in [0.2, 0.25) is 0 Å². The van der Waals surface area contributed by atoms with E-state index >= 15 is 0 Å². The van der Waals surface area contributed by atoms with Crippen LogP contribution in [0.15, 0.2) is 187 Å². The summed E-state index contributed by atoms with van der Waals surface area (Å²) < 4.78 is 13.9. The lowest BCUT2D eigenvalue weighted by Gasteiger charge is -2.14. The van der Waals surface area contributed by atoms with Crippen LogP contribution in [0.5, 0.6) is 0 Å². The molecule has 63 heavy (non-hydrogen) atoms. The summed E-state index contributed by atoms with van der Waals surface area (Å²) in [4.78, 5) is 16.2. The average Bonchev–Trinajstić information content (AvgIpc) is 4.07. The molecule has 8 aromatic carbocycles. The summed E-state index contributed by atoms with van der Waals surface area (Å²) in [6, 6.07) is 57.9. The monoisotopic (exact) mass is 825 g/mol. The normalized spacial score (nSPS) is 12.2.